The molecule has 1 saturated carbocycles. The predicted octanol–water partition coefficient (Wildman–Crippen LogP) is 3.99. The molecule has 0 amide bonds. The van der Waals surface area contributed by atoms with Gasteiger partial charge in [0.2, 0.25) is 0 Å². The minimum Gasteiger partial charge on any atom is -0.375 e. The van der Waals surface area contributed by atoms with E-state index in [-0.39, 0.29) is 0 Å². The van der Waals surface area contributed by atoms with Gasteiger partial charge >= 0.3 is 0 Å². The number of ether oxygens (including phenoxy) is 1. The highest BCUT2D eigenvalue weighted by atomic mass is 16.5. The highest BCUT2D eigenvalue weighted by Crippen LogP contribution is 2.42. The molecule has 2 aliphatic rings. The van der Waals surface area contributed by atoms with Crippen LogP contribution in [0.4, 0.5) is 0 Å². The maximum Gasteiger partial charge on any atom is 0.0729 e. The standard InChI is InChI=1S/C17H33NO/c1-6-17(4,5)13-7-8-16-15(10-13)18-14(11-19-16)9-12(2)3/h12-16,18H,6-11H2,1-5H3. The molecule has 19 heavy (non-hydrogen) atoms. The molecule has 0 bridgehead atoms. The van der Waals surface area contributed by atoms with Crippen molar-refractivity contribution in [3.63, 3.8) is 0 Å². The third kappa shape index (κ3) is 3.72. The normalized spacial score (nSPS) is 36.3. The molecule has 4 unspecified atom stereocenters. The lowest BCUT2D eigenvalue weighted by Gasteiger charge is -2.47. The van der Waals surface area contributed by atoms with Crippen molar-refractivity contribution in [1.82, 2.24) is 5.32 Å². The van der Waals surface area contributed by atoms with Crippen LogP contribution >= 0.6 is 0 Å². The summed E-state index contributed by atoms with van der Waals surface area (Å²) >= 11 is 0. The highest BCUT2D eigenvalue weighted by Gasteiger charge is 2.40. The molecule has 0 aromatic heterocycles. The fraction of sp³-hybridized carbons (Fsp3) is 1.00. The molecule has 1 aliphatic carbocycles. The first-order chi connectivity index (χ1) is 8.92. The van der Waals surface area contributed by atoms with E-state index in [0.717, 1.165) is 18.4 Å². The summed E-state index contributed by atoms with van der Waals surface area (Å²) in [6.07, 6.45) is 6.90. The third-order valence-electron chi connectivity index (χ3n) is 5.52. The molecule has 1 aliphatic heterocycles. The van der Waals surface area contributed by atoms with Gasteiger partial charge in [0.25, 0.3) is 0 Å². The van der Waals surface area contributed by atoms with Crippen LogP contribution in [0.15, 0.2) is 0 Å². The van der Waals surface area contributed by atoms with Gasteiger partial charge in [-0.25, -0.2) is 0 Å². The van der Waals surface area contributed by atoms with E-state index in [1.807, 2.05) is 0 Å². The Hall–Kier alpha value is -0.0800. The van der Waals surface area contributed by atoms with Crippen LogP contribution in [-0.4, -0.2) is 24.8 Å². The van der Waals surface area contributed by atoms with Gasteiger partial charge in [-0.3, -0.25) is 0 Å². The van der Waals surface area contributed by atoms with Crippen LogP contribution in [0.1, 0.15) is 66.7 Å². The summed E-state index contributed by atoms with van der Waals surface area (Å²) in [5, 5.41) is 3.89. The lowest BCUT2D eigenvalue weighted by molar-refractivity contribution is -0.0693. The van der Waals surface area contributed by atoms with E-state index < -0.39 is 0 Å². The molecule has 112 valence electrons. The third-order valence-corrected chi connectivity index (χ3v) is 5.52. The van der Waals surface area contributed by atoms with E-state index >= 15 is 0 Å². The van der Waals surface area contributed by atoms with Crippen molar-refractivity contribution >= 4 is 0 Å². The second-order valence-electron chi connectivity index (χ2n) is 7.82. The number of nitrogens with one attached hydrogen (secondary N) is 1. The first-order valence-electron chi connectivity index (χ1n) is 8.30. The lowest BCUT2D eigenvalue weighted by Crippen LogP contribution is -2.57. The van der Waals surface area contributed by atoms with E-state index in [0.29, 0.717) is 23.6 Å². The molecule has 4 atom stereocenters. The van der Waals surface area contributed by atoms with Gasteiger partial charge in [-0.1, -0.05) is 41.0 Å². The lowest BCUT2D eigenvalue weighted by atomic mass is 9.67. The number of rotatable bonds is 4. The summed E-state index contributed by atoms with van der Waals surface area (Å²) in [7, 11) is 0. The van der Waals surface area contributed by atoms with Gasteiger partial charge in [-0.15, -0.1) is 0 Å². The van der Waals surface area contributed by atoms with Crippen LogP contribution in [0, 0.1) is 17.3 Å². The van der Waals surface area contributed by atoms with E-state index in [9.17, 15) is 0 Å². The summed E-state index contributed by atoms with van der Waals surface area (Å²) in [6.45, 7) is 12.7. The Bertz CT molecular complexity index is 287. The van der Waals surface area contributed by atoms with Crippen molar-refractivity contribution in [3.05, 3.63) is 0 Å². The first kappa shape index (κ1) is 15.3. The summed E-state index contributed by atoms with van der Waals surface area (Å²) < 4.78 is 6.13. The molecular formula is C17H33NO. The average molecular weight is 267 g/mol. The van der Waals surface area contributed by atoms with E-state index in [1.54, 1.807) is 0 Å². The van der Waals surface area contributed by atoms with Gasteiger partial charge in [0.05, 0.1) is 12.7 Å². The van der Waals surface area contributed by atoms with Gasteiger partial charge < -0.3 is 10.1 Å². The Labute approximate surface area is 119 Å². The second-order valence-corrected chi connectivity index (χ2v) is 7.82. The van der Waals surface area contributed by atoms with Crippen molar-refractivity contribution in [2.75, 3.05) is 6.61 Å². The van der Waals surface area contributed by atoms with Gasteiger partial charge in [0, 0.05) is 12.1 Å². The Morgan fingerprint density at radius 1 is 1.26 bits per heavy atom. The molecule has 0 aromatic carbocycles. The van der Waals surface area contributed by atoms with Crippen molar-refractivity contribution in [1.29, 1.82) is 0 Å². The van der Waals surface area contributed by atoms with Crippen LogP contribution < -0.4 is 5.32 Å². The fourth-order valence-electron chi connectivity index (χ4n) is 3.81. The first-order valence-corrected chi connectivity index (χ1v) is 8.30. The molecule has 1 N–H and O–H groups in total. The largest absolute Gasteiger partial charge is 0.375 e. The molecule has 2 rings (SSSR count). The van der Waals surface area contributed by atoms with Crippen molar-refractivity contribution in [3.8, 4) is 0 Å². The van der Waals surface area contributed by atoms with Gasteiger partial charge in [0.15, 0.2) is 0 Å². The summed E-state index contributed by atoms with van der Waals surface area (Å²) in [5.41, 5.74) is 0.484. The van der Waals surface area contributed by atoms with Crippen molar-refractivity contribution < 1.29 is 4.74 Å². The molecule has 0 spiro atoms. The molecular weight excluding hydrogens is 234 g/mol. The summed E-state index contributed by atoms with van der Waals surface area (Å²) in [4.78, 5) is 0. The van der Waals surface area contributed by atoms with E-state index in [2.05, 4.69) is 39.9 Å². The maximum absolute atomic E-state index is 6.13. The molecule has 0 aromatic rings. The molecule has 0 radical (unpaired) electrons. The molecule has 2 nitrogen and oxygen atoms in total. The fourth-order valence-corrected chi connectivity index (χ4v) is 3.81. The number of hydrogen-bond donors (Lipinski definition) is 1. The second kappa shape index (κ2) is 6.13. The van der Waals surface area contributed by atoms with Crippen LogP contribution in [0.3, 0.4) is 0 Å². The Morgan fingerprint density at radius 3 is 2.63 bits per heavy atom. The highest BCUT2D eigenvalue weighted by molar-refractivity contribution is 4.95. The van der Waals surface area contributed by atoms with Crippen molar-refractivity contribution in [2.24, 2.45) is 17.3 Å². The van der Waals surface area contributed by atoms with Gasteiger partial charge in [-0.2, -0.15) is 0 Å². The zero-order chi connectivity index (χ0) is 14.0. The Balaban J connectivity index is 1.93. The number of morpholine rings is 1. The zero-order valence-electron chi connectivity index (χ0n) is 13.5. The number of fused-ring (bicyclic) bond motifs is 1. The Kier molecular flexibility index (Phi) is 4.94. The monoisotopic (exact) mass is 267 g/mol. The smallest absolute Gasteiger partial charge is 0.0729 e. The molecule has 2 fully saturated rings. The van der Waals surface area contributed by atoms with Gasteiger partial charge in [-0.05, 0) is 42.9 Å². The van der Waals surface area contributed by atoms with E-state index in [1.165, 1.54) is 32.1 Å². The quantitative estimate of drug-likeness (QED) is 0.831. The minimum atomic E-state index is 0.479. The van der Waals surface area contributed by atoms with E-state index in [4.69, 9.17) is 4.74 Å². The van der Waals surface area contributed by atoms with Gasteiger partial charge in [0.1, 0.15) is 0 Å². The minimum absolute atomic E-state index is 0.479. The van der Waals surface area contributed by atoms with Crippen molar-refractivity contribution in [2.45, 2.75) is 84.9 Å². The molecule has 1 heterocycles. The SMILES string of the molecule is CCC(C)(C)C1CCC2OCC(CC(C)C)NC2C1. The summed E-state index contributed by atoms with van der Waals surface area (Å²) in [5.74, 6) is 1.61. The molecule has 1 saturated heterocycles. The van der Waals surface area contributed by atoms with Crippen LogP contribution in [0.2, 0.25) is 0 Å². The molecule has 2 heteroatoms. The van der Waals surface area contributed by atoms with Crippen LogP contribution in [0.25, 0.3) is 0 Å². The Morgan fingerprint density at radius 2 is 2.00 bits per heavy atom. The zero-order valence-corrected chi connectivity index (χ0v) is 13.5. The summed E-state index contributed by atoms with van der Waals surface area (Å²) in [6, 6.07) is 1.17. The average Bonchev–Trinajstić information content (AvgIpc) is 2.37. The van der Waals surface area contributed by atoms with Crippen LogP contribution in [0.5, 0.6) is 0 Å². The topological polar surface area (TPSA) is 21.3 Å². The van der Waals surface area contributed by atoms with Crippen LogP contribution in [-0.2, 0) is 4.74 Å². The number of hydrogen-bond acceptors (Lipinski definition) is 2. The predicted molar refractivity (Wildman–Crippen MR) is 81.3 cm³/mol. The maximum atomic E-state index is 6.13.